The highest BCUT2D eigenvalue weighted by Crippen LogP contribution is 2.27. The van der Waals surface area contributed by atoms with Crippen LogP contribution in [-0.2, 0) is 20.1 Å². The standard InChI is InChI=1S/C18H26N6O/c1-3-19-18(21-12-17-22-13-23-24(17)2)20-11-14-7-4-5-10-16(14)25-15-8-6-9-15/h4-5,7,10,13,15H,3,6,8-9,11-12H2,1-2H3,(H2,19,20,21). The van der Waals surface area contributed by atoms with Crippen molar-refractivity contribution in [3.63, 3.8) is 0 Å². The molecule has 25 heavy (non-hydrogen) atoms. The van der Waals surface area contributed by atoms with E-state index in [1.165, 1.54) is 6.42 Å². The van der Waals surface area contributed by atoms with Gasteiger partial charge in [-0.25, -0.2) is 9.98 Å². The molecule has 0 bridgehead atoms. The van der Waals surface area contributed by atoms with E-state index in [1.54, 1.807) is 11.0 Å². The average Bonchev–Trinajstić information content (AvgIpc) is 2.99. The van der Waals surface area contributed by atoms with Crippen LogP contribution < -0.4 is 15.4 Å². The van der Waals surface area contributed by atoms with Gasteiger partial charge in [-0.15, -0.1) is 0 Å². The minimum atomic E-state index is 0.368. The fourth-order valence-corrected chi connectivity index (χ4v) is 2.57. The van der Waals surface area contributed by atoms with Crippen molar-refractivity contribution in [1.82, 2.24) is 25.4 Å². The number of benzene rings is 1. The molecule has 0 spiro atoms. The Bertz CT molecular complexity index is 707. The van der Waals surface area contributed by atoms with Gasteiger partial charge in [0.2, 0.25) is 0 Å². The molecule has 1 aliphatic rings. The Morgan fingerprint density at radius 3 is 2.84 bits per heavy atom. The zero-order chi connectivity index (χ0) is 17.5. The molecule has 7 heteroatoms. The van der Waals surface area contributed by atoms with Crippen LogP contribution in [0.1, 0.15) is 37.6 Å². The van der Waals surface area contributed by atoms with Crippen molar-refractivity contribution in [2.75, 3.05) is 6.54 Å². The first-order chi connectivity index (χ1) is 12.3. The Balaban J connectivity index is 1.63. The van der Waals surface area contributed by atoms with Gasteiger partial charge in [-0.3, -0.25) is 4.68 Å². The summed E-state index contributed by atoms with van der Waals surface area (Å²) in [7, 11) is 1.88. The Labute approximate surface area is 148 Å². The molecule has 1 aromatic heterocycles. The third-order valence-electron chi connectivity index (χ3n) is 4.29. The Kier molecular flexibility index (Phi) is 5.87. The third-order valence-corrected chi connectivity index (χ3v) is 4.29. The van der Waals surface area contributed by atoms with Crippen molar-refractivity contribution >= 4 is 5.96 Å². The van der Waals surface area contributed by atoms with E-state index in [2.05, 4.69) is 31.8 Å². The highest BCUT2D eigenvalue weighted by Gasteiger charge is 2.20. The molecule has 1 aliphatic carbocycles. The molecule has 0 atom stereocenters. The number of ether oxygens (including phenoxy) is 1. The van der Waals surface area contributed by atoms with E-state index in [1.807, 2.05) is 32.2 Å². The maximum absolute atomic E-state index is 6.08. The number of guanidine groups is 1. The van der Waals surface area contributed by atoms with Gasteiger partial charge >= 0.3 is 0 Å². The minimum Gasteiger partial charge on any atom is -0.490 e. The zero-order valence-electron chi connectivity index (χ0n) is 14.9. The summed E-state index contributed by atoms with van der Waals surface area (Å²) >= 11 is 0. The lowest BCUT2D eigenvalue weighted by Crippen LogP contribution is -2.37. The van der Waals surface area contributed by atoms with Gasteiger partial charge in [0.1, 0.15) is 17.9 Å². The van der Waals surface area contributed by atoms with E-state index in [0.29, 0.717) is 19.2 Å². The fraction of sp³-hybridized carbons (Fsp3) is 0.500. The molecule has 0 aliphatic heterocycles. The Morgan fingerprint density at radius 2 is 2.16 bits per heavy atom. The van der Waals surface area contributed by atoms with Crippen molar-refractivity contribution in [2.45, 2.75) is 45.4 Å². The van der Waals surface area contributed by atoms with Crippen LogP contribution in [0.5, 0.6) is 5.75 Å². The number of hydrogen-bond donors (Lipinski definition) is 2. The summed E-state index contributed by atoms with van der Waals surface area (Å²) in [5, 5.41) is 10.6. The van der Waals surface area contributed by atoms with Gasteiger partial charge in [-0.2, -0.15) is 5.10 Å². The summed E-state index contributed by atoms with van der Waals surface area (Å²) in [6.07, 6.45) is 5.49. The normalized spacial score (nSPS) is 14.9. The number of nitrogens with zero attached hydrogens (tertiary/aromatic N) is 4. The number of nitrogens with one attached hydrogen (secondary N) is 2. The van der Waals surface area contributed by atoms with Crippen molar-refractivity contribution < 1.29 is 4.74 Å². The molecule has 7 nitrogen and oxygen atoms in total. The summed E-state index contributed by atoms with van der Waals surface area (Å²) < 4.78 is 7.82. The molecular formula is C18H26N6O. The molecule has 0 unspecified atom stereocenters. The number of hydrogen-bond acceptors (Lipinski definition) is 4. The number of rotatable bonds is 7. The van der Waals surface area contributed by atoms with Crippen LogP contribution in [-0.4, -0.2) is 33.4 Å². The molecule has 1 aromatic carbocycles. The molecule has 1 saturated carbocycles. The first-order valence-electron chi connectivity index (χ1n) is 8.86. The zero-order valence-corrected chi connectivity index (χ0v) is 14.9. The van der Waals surface area contributed by atoms with Gasteiger partial charge in [0.15, 0.2) is 5.96 Å². The molecule has 0 amide bonds. The van der Waals surface area contributed by atoms with Crippen molar-refractivity contribution in [3.05, 3.63) is 42.0 Å². The van der Waals surface area contributed by atoms with Crippen LogP contribution in [0.3, 0.4) is 0 Å². The number of para-hydroxylation sites is 1. The molecular weight excluding hydrogens is 316 g/mol. The van der Waals surface area contributed by atoms with Crippen molar-refractivity contribution in [1.29, 1.82) is 0 Å². The molecule has 2 aromatic rings. The van der Waals surface area contributed by atoms with Gasteiger partial charge in [-0.1, -0.05) is 18.2 Å². The van der Waals surface area contributed by atoms with Gasteiger partial charge < -0.3 is 15.4 Å². The van der Waals surface area contributed by atoms with Crippen LogP contribution in [0.15, 0.2) is 35.6 Å². The first kappa shape index (κ1) is 17.3. The molecule has 3 rings (SSSR count). The average molecular weight is 342 g/mol. The maximum atomic E-state index is 6.08. The van der Waals surface area contributed by atoms with Crippen LogP contribution in [0.2, 0.25) is 0 Å². The summed E-state index contributed by atoms with van der Waals surface area (Å²) in [6.45, 7) is 3.98. The molecule has 0 radical (unpaired) electrons. The minimum absolute atomic E-state index is 0.368. The van der Waals surface area contributed by atoms with Crippen LogP contribution >= 0.6 is 0 Å². The molecule has 1 fully saturated rings. The predicted molar refractivity (Wildman–Crippen MR) is 97.4 cm³/mol. The first-order valence-corrected chi connectivity index (χ1v) is 8.86. The topological polar surface area (TPSA) is 76.4 Å². The number of aryl methyl sites for hydroxylation is 1. The smallest absolute Gasteiger partial charge is 0.191 e. The van der Waals surface area contributed by atoms with E-state index in [9.17, 15) is 0 Å². The summed E-state index contributed by atoms with van der Waals surface area (Å²) in [6, 6.07) is 8.14. The Hall–Kier alpha value is -2.57. The summed E-state index contributed by atoms with van der Waals surface area (Å²) in [5.74, 6) is 2.56. The number of aromatic nitrogens is 3. The van der Waals surface area contributed by atoms with Gasteiger partial charge in [0.25, 0.3) is 0 Å². The second-order valence-corrected chi connectivity index (χ2v) is 6.13. The van der Waals surface area contributed by atoms with Crippen LogP contribution in [0, 0.1) is 0 Å². The molecule has 2 N–H and O–H groups in total. The van der Waals surface area contributed by atoms with Crippen LogP contribution in [0.25, 0.3) is 0 Å². The largest absolute Gasteiger partial charge is 0.490 e. The number of aliphatic imine (C=N–C) groups is 1. The lowest BCUT2D eigenvalue weighted by molar-refractivity contribution is 0.119. The second-order valence-electron chi connectivity index (χ2n) is 6.13. The van der Waals surface area contributed by atoms with Crippen molar-refractivity contribution in [2.24, 2.45) is 12.0 Å². The third kappa shape index (κ3) is 4.71. The summed E-state index contributed by atoms with van der Waals surface area (Å²) in [4.78, 5) is 8.90. The molecule has 134 valence electrons. The van der Waals surface area contributed by atoms with E-state index < -0.39 is 0 Å². The maximum Gasteiger partial charge on any atom is 0.191 e. The molecule has 1 heterocycles. The van der Waals surface area contributed by atoms with E-state index in [-0.39, 0.29) is 0 Å². The van der Waals surface area contributed by atoms with E-state index in [4.69, 9.17) is 4.74 Å². The lowest BCUT2D eigenvalue weighted by Gasteiger charge is -2.27. The van der Waals surface area contributed by atoms with Gasteiger partial charge in [0, 0.05) is 19.2 Å². The fourth-order valence-electron chi connectivity index (χ4n) is 2.57. The van der Waals surface area contributed by atoms with Gasteiger partial charge in [0.05, 0.1) is 19.2 Å². The SMILES string of the molecule is CCNC(=NCc1ccccc1OC1CCC1)NCc1ncnn1C. The van der Waals surface area contributed by atoms with E-state index >= 15 is 0 Å². The highest BCUT2D eigenvalue weighted by atomic mass is 16.5. The molecule has 0 saturated heterocycles. The lowest BCUT2D eigenvalue weighted by atomic mass is 9.96. The second kappa shape index (κ2) is 8.50. The van der Waals surface area contributed by atoms with E-state index in [0.717, 1.165) is 42.5 Å². The van der Waals surface area contributed by atoms with Crippen molar-refractivity contribution in [3.8, 4) is 5.75 Å². The Morgan fingerprint density at radius 1 is 1.32 bits per heavy atom. The summed E-state index contributed by atoms with van der Waals surface area (Å²) in [5.41, 5.74) is 1.10. The highest BCUT2D eigenvalue weighted by molar-refractivity contribution is 5.79. The van der Waals surface area contributed by atoms with Gasteiger partial charge in [-0.05, 0) is 32.3 Å². The quantitative estimate of drug-likeness (QED) is 0.594. The predicted octanol–water partition coefficient (Wildman–Crippen LogP) is 2.00. The van der Waals surface area contributed by atoms with Crippen LogP contribution in [0.4, 0.5) is 0 Å². The monoisotopic (exact) mass is 342 g/mol.